The highest BCUT2D eigenvalue weighted by Gasteiger charge is 2.35. The number of allylic oxidation sites excluding steroid dienone is 1. The molecule has 31 heavy (non-hydrogen) atoms. The monoisotopic (exact) mass is 431 g/mol. The van der Waals surface area contributed by atoms with Crippen molar-refractivity contribution in [2.45, 2.75) is 32.6 Å². The Bertz CT molecular complexity index is 983. The first kappa shape index (κ1) is 22.4. The van der Waals surface area contributed by atoms with E-state index in [1.807, 2.05) is 37.3 Å². The number of guanidine groups is 1. The van der Waals surface area contributed by atoms with Gasteiger partial charge in [0.1, 0.15) is 0 Å². The number of ether oxygens (including phenoxy) is 1. The molecule has 1 atom stereocenters. The number of carbonyl (C=O) groups excluding carboxylic acids is 1. The van der Waals surface area contributed by atoms with E-state index in [9.17, 15) is 18.0 Å². The van der Waals surface area contributed by atoms with E-state index in [1.165, 1.54) is 19.2 Å². The molecular weight excluding hydrogens is 407 g/mol. The van der Waals surface area contributed by atoms with Crippen molar-refractivity contribution >= 4 is 11.9 Å². The van der Waals surface area contributed by atoms with Gasteiger partial charge < -0.3 is 15.0 Å². The average Bonchev–Trinajstić information content (AvgIpc) is 2.76. The van der Waals surface area contributed by atoms with Crippen LogP contribution in [0.1, 0.15) is 36.6 Å². The maximum absolute atomic E-state index is 12.9. The predicted octanol–water partition coefficient (Wildman–Crippen LogP) is 4.67. The summed E-state index contributed by atoms with van der Waals surface area (Å²) in [6.45, 7) is 4.42. The van der Waals surface area contributed by atoms with E-state index in [1.54, 1.807) is 11.8 Å². The SMILES string of the molecule is CCN=C1NC(c2ccccc2)C(C(=O)OC)=C(C)N1Cc1ccc(C(F)(F)F)cc1. The van der Waals surface area contributed by atoms with Crippen LogP contribution < -0.4 is 5.32 Å². The third-order valence-electron chi connectivity index (χ3n) is 5.08. The van der Waals surface area contributed by atoms with Crippen LogP contribution in [0, 0.1) is 0 Å². The molecule has 0 bridgehead atoms. The Morgan fingerprint density at radius 2 is 1.77 bits per heavy atom. The third kappa shape index (κ3) is 4.90. The van der Waals surface area contributed by atoms with Crippen molar-refractivity contribution in [1.29, 1.82) is 0 Å². The van der Waals surface area contributed by atoms with Crippen molar-refractivity contribution in [1.82, 2.24) is 10.2 Å². The number of hydrogen-bond acceptors (Lipinski definition) is 3. The van der Waals surface area contributed by atoms with Crippen LogP contribution in [-0.4, -0.2) is 30.5 Å². The number of hydrogen-bond donors (Lipinski definition) is 1. The van der Waals surface area contributed by atoms with Gasteiger partial charge in [-0.1, -0.05) is 42.5 Å². The summed E-state index contributed by atoms with van der Waals surface area (Å²) in [5.74, 6) is 0.0632. The normalized spacial score (nSPS) is 18.2. The van der Waals surface area contributed by atoms with Gasteiger partial charge in [-0.05, 0) is 37.1 Å². The van der Waals surface area contributed by atoms with Crippen LogP contribution in [0.2, 0.25) is 0 Å². The summed E-state index contributed by atoms with van der Waals surface area (Å²) >= 11 is 0. The van der Waals surface area contributed by atoms with Crippen molar-refractivity contribution in [3.05, 3.63) is 82.6 Å². The molecule has 0 fully saturated rings. The van der Waals surface area contributed by atoms with Gasteiger partial charge in [-0.25, -0.2) is 4.79 Å². The number of aliphatic imine (C=N–C) groups is 1. The van der Waals surface area contributed by atoms with Crippen molar-refractivity contribution in [3.63, 3.8) is 0 Å². The van der Waals surface area contributed by atoms with Gasteiger partial charge in [0.15, 0.2) is 5.96 Å². The lowest BCUT2D eigenvalue weighted by atomic mass is 9.94. The topological polar surface area (TPSA) is 53.9 Å². The van der Waals surface area contributed by atoms with Crippen LogP contribution in [-0.2, 0) is 22.3 Å². The number of nitrogens with zero attached hydrogens (tertiary/aromatic N) is 2. The van der Waals surface area contributed by atoms with Crippen LogP contribution in [0.5, 0.6) is 0 Å². The summed E-state index contributed by atoms with van der Waals surface area (Å²) in [6.07, 6.45) is -4.39. The molecule has 0 spiro atoms. The second-order valence-electron chi connectivity index (χ2n) is 7.06. The van der Waals surface area contributed by atoms with Crippen molar-refractivity contribution in [2.75, 3.05) is 13.7 Å². The largest absolute Gasteiger partial charge is 0.466 e. The van der Waals surface area contributed by atoms with Crippen LogP contribution in [0.3, 0.4) is 0 Å². The zero-order valence-corrected chi connectivity index (χ0v) is 17.5. The van der Waals surface area contributed by atoms with Gasteiger partial charge in [0.2, 0.25) is 0 Å². The number of benzene rings is 2. The van der Waals surface area contributed by atoms with Crippen LogP contribution >= 0.6 is 0 Å². The van der Waals surface area contributed by atoms with Crippen LogP contribution in [0.25, 0.3) is 0 Å². The lowest BCUT2D eigenvalue weighted by Gasteiger charge is -2.38. The first-order valence-electron chi connectivity index (χ1n) is 9.85. The minimum absolute atomic E-state index is 0.248. The fourth-order valence-electron chi connectivity index (χ4n) is 3.52. The van der Waals surface area contributed by atoms with E-state index >= 15 is 0 Å². The number of esters is 1. The Balaban J connectivity index is 2.03. The Morgan fingerprint density at radius 3 is 2.32 bits per heavy atom. The highest BCUT2D eigenvalue weighted by atomic mass is 19.4. The van der Waals surface area contributed by atoms with Gasteiger partial charge in [-0.3, -0.25) is 4.99 Å². The third-order valence-corrected chi connectivity index (χ3v) is 5.08. The van der Waals surface area contributed by atoms with Gasteiger partial charge >= 0.3 is 12.1 Å². The van der Waals surface area contributed by atoms with Gasteiger partial charge in [0.05, 0.1) is 30.8 Å². The Labute approximate surface area is 179 Å². The number of alkyl halides is 3. The standard InChI is InChI=1S/C23H24F3N3O2/c1-4-27-22-28-20(17-8-6-5-7-9-17)19(21(30)31-3)15(2)29(22)14-16-10-12-18(13-11-16)23(24,25)26/h5-13,20H,4,14H2,1-3H3,(H,27,28). The molecule has 8 heteroatoms. The Kier molecular flexibility index (Phi) is 6.68. The molecule has 164 valence electrons. The lowest BCUT2D eigenvalue weighted by molar-refractivity contribution is -0.138. The highest BCUT2D eigenvalue weighted by Crippen LogP contribution is 2.33. The van der Waals surface area contributed by atoms with Gasteiger partial charge in [-0.15, -0.1) is 0 Å². The van der Waals surface area contributed by atoms with E-state index in [4.69, 9.17) is 4.74 Å². The maximum Gasteiger partial charge on any atom is 0.416 e. The molecule has 3 rings (SSSR count). The van der Waals surface area contributed by atoms with Crippen LogP contribution in [0.15, 0.2) is 70.9 Å². The van der Waals surface area contributed by atoms with E-state index in [-0.39, 0.29) is 6.54 Å². The summed E-state index contributed by atoms with van der Waals surface area (Å²) in [5.41, 5.74) is 1.88. The van der Waals surface area contributed by atoms with Gasteiger partial charge in [0.25, 0.3) is 0 Å². The second kappa shape index (κ2) is 9.24. The summed E-state index contributed by atoms with van der Waals surface area (Å²) < 4.78 is 43.7. The Hall–Kier alpha value is -3.29. The molecule has 1 N–H and O–H groups in total. The van der Waals surface area contributed by atoms with Crippen molar-refractivity contribution in [3.8, 4) is 0 Å². The first-order chi connectivity index (χ1) is 14.8. The number of rotatable bonds is 5. The van der Waals surface area contributed by atoms with Gasteiger partial charge in [0, 0.05) is 12.2 Å². The molecule has 0 saturated heterocycles. The summed E-state index contributed by atoms with van der Waals surface area (Å²) in [4.78, 5) is 19.0. The number of halogens is 3. The Morgan fingerprint density at radius 1 is 1.13 bits per heavy atom. The van der Waals surface area contributed by atoms with E-state index in [2.05, 4.69) is 10.3 Å². The quantitative estimate of drug-likeness (QED) is 0.699. The maximum atomic E-state index is 12.9. The fraction of sp³-hybridized carbons (Fsp3) is 0.304. The molecular formula is C23H24F3N3O2. The molecule has 2 aromatic carbocycles. The molecule has 0 aromatic heterocycles. The predicted molar refractivity (Wildman–Crippen MR) is 112 cm³/mol. The number of nitrogens with one attached hydrogen (secondary N) is 1. The molecule has 0 aliphatic carbocycles. The minimum atomic E-state index is -4.39. The van der Waals surface area contributed by atoms with E-state index in [0.29, 0.717) is 29.3 Å². The molecule has 1 aliphatic heterocycles. The smallest absolute Gasteiger partial charge is 0.416 e. The second-order valence-corrected chi connectivity index (χ2v) is 7.06. The molecule has 0 radical (unpaired) electrons. The first-order valence-corrected chi connectivity index (χ1v) is 9.85. The van der Waals surface area contributed by atoms with E-state index < -0.39 is 23.8 Å². The molecule has 2 aromatic rings. The molecule has 1 heterocycles. The van der Waals surface area contributed by atoms with Crippen molar-refractivity contribution in [2.24, 2.45) is 4.99 Å². The number of carbonyl (C=O) groups is 1. The summed E-state index contributed by atoms with van der Waals surface area (Å²) in [6, 6.07) is 14.0. The molecule has 1 unspecified atom stereocenters. The summed E-state index contributed by atoms with van der Waals surface area (Å²) in [7, 11) is 1.32. The van der Waals surface area contributed by atoms with E-state index in [0.717, 1.165) is 17.7 Å². The van der Waals surface area contributed by atoms with Crippen LogP contribution in [0.4, 0.5) is 13.2 Å². The molecule has 0 saturated carbocycles. The zero-order chi connectivity index (χ0) is 22.6. The zero-order valence-electron chi connectivity index (χ0n) is 17.5. The molecule has 1 aliphatic rings. The highest BCUT2D eigenvalue weighted by molar-refractivity contribution is 5.96. The molecule has 0 amide bonds. The average molecular weight is 431 g/mol. The number of methoxy groups -OCH3 is 1. The molecule has 5 nitrogen and oxygen atoms in total. The van der Waals surface area contributed by atoms with Gasteiger partial charge in [-0.2, -0.15) is 13.2 Å². The lowest BCUT2D eigenvalue weighted by Crippen LogP contribution is -2.48. The summed E-state index contributed by atoms with van der Waals surface area (Å²) in [5, 5.41) is 3.31. The fourth-order valence-corrected chi connectivity index (χ4v) is 3.52. The minimum Gasteiger partial charge on any atom is -0.466 e. The van der Waals surface area contributed by atoms with Crippen molar-refractivity contribution < 1.29 is 22.7 Å².